The minimum Gasteiger partial charge on any atom is -0.452 e. The molecule has 0 amide bonds. The summed E-state index contributed by atoms with van der Waals surface area (Å²) in [5.41, 5.74) is 7.82. The highest BCUT2D eigenvalue weighted by Gasteiger charge is 2.23. The molecule has 0 saturated heterocycles. The van der Waals surface area contributed by atoms with E-state index in [1.54, 1.807) is 22.7 Å². The fourth-order valence-corrected chi connectivity index (χ4v) is 10.4. The lowest BCUT2D eigenvalue weighted by Gasteiger charge is -2.10. The first-order chi connectivity index (χ1) is 28.2. The van der Waals surface area contributed by atoms with Crippen LogP contribution in [-0.2, 0) is 0 Å². The Labute approximate surface area is 333 Å². The monoisotopic (exact) mass is 765 g/mol. The van der Waals surface area contributed by atoms with E-state index in [-0.39, 0.29) is 0 Å². The molecule has 0 bridgehead atoms. The summed E-state index contributed by atoms with van der Waals surface area (Å²) in [5.74, 6) is 2.56. The molecule has 0 radical (unpaired) electrons. The lowest BCUT2D eigenvalue weighted by molar-refractivity contribution is 0.667. The predicted molar refractivity (Wildman–Crippen MR) is 236 cm³/mol. The maximum absolute atomic E-state index is 6.56. The van der Waals surface area contributed by atoms with E-state index in [0.717, 1.165) is 74.9 Å². The van der Waals surface area contributed by atoms with Gasteiger partial charge in [-0.25, -0.2) is 24.9 Å². The Morgan fingerprint density at radius 2 is 0.912 bits per heavy atom. The highest BCUT2D eigenvalue weighted by atomic mass is 32.1. The predicted octanol–water partition coefficient (Wildman–Crippen LogP) is 13.6. The first-order valence-electron chi connectivity index (χ1n) is 18.7. The van der Waals surface area contributed by atoms with Gasteiger partial charge in [0.25, 0.3) is 0 Å². The van der Waals surface area contributed by atoms with Crippen LogP contribution in [-0.4, -0.2) is 24.9 Å². The van der Waals surface area contributed by atoms with E-state index in [1.807, 2.05) is 66.7 Å². The zero-order chi connectivity index (χ0) is 37.5. The van der Waals surface area contributed by atoms with Crippen LogP contribution in [0.25, 0.3) is 119 Å². The first kappa shape index (κ1) is 32.1. The number of para-hydroxylation sites is 1. The lowest BCUT2D eigenvalue weighted by Crippen LogP contribution is -2.00. The molecule has 7 aromatic carbocycles. The number of benzene rings is 7. The molecule has 0 saturated carbocycles. The SMILES string of the molecule is c1ccc(-c2nc(-c3cccc4c3sc3ccccc34)nc(-c3cccc4sc5c(-c6nc(-c7ccccc7)nc7c6oc6ccccc67)cccc5c34)n2)cc1. The molecule has 0 fully saturated rings. The van der Waals surface area contributed by atoms with Crippen molar-refractivity contribution in [2.75, 3.05) is 0 Å². The van der Waals surface area contributed by atoms with Crippen LogP contribution >= 0.6 is 22.7 Å². The van der Waals surface area contributed by atoms with Crippen molar-refractivity contribution in [1.82, 2.24) is 24.9 Å². The van der Waals surface area contributed by atoms with E-state index in [4.69, 9.17) is 29.3 Å². The first-order valence-corrected chi connectivity index (χ1v) is 20.3. The molecule has 6 nitrogen and oxygen atoms in total. The van der Waals surface area contributed by atoms with Crippen molar-refractivity contribution in [2.24, 2.45) is 0 Å². The third kappa shape index (κ3) is 5.12. The van der Waals surface area contributed by atoms with E-state index in [1.165, 1.54) is 15.5 Å². The smallest absolute Gasteiger partial charge is 0.180 e. The van der Waals surface area contributed by atoms with Gasteiger partial charge in [-0.05, 0) is 30.3 Å². The Morgan fingerprint density at radius 1 is 0.368 bits per heavy atom. The Morgan fingerprint density at radius 3 is 1.72 bits per heavy atom. The molecule has 266 valence electrons. The topological polar surface area (TPSA) is 77.6 Å². The number of aromatic nitrogens is 5. The van der Waals surface area contributed by atoms with Crippen LogP contribution in [0.15, 0.2) is 168 Å². The van der Waals surface area contributed by atoms with Gasteiger partial charge in [0.15, 0.2) is 28.9 Å². The van der Waals surface area contributed by atoms with Gasteiger partial charge in [0, 0.05) is 73.5 Å². The van der Waals surface area contributed by atoms with E-state index in [0.29, 0.717) is 28.9 Å². The molecular weight excluding hydrogens is 739 g/mol. The van der Waals surface area contributed by atoms with Gasteiger partial charge in [-0.3, -0.25) is 0 Å². The van der Waals surface area contributed by atoms with Gasteiger partial charge in [0.2, 0.25) is 0 Å². The lowest BCUT2D eigenvalue weighted by atomic mass is 10.0. The van der Waals surface area contributed by atoms with Crippen molar-refractivity contribution in [3.63, 3.8) is 0 Å². The summed E-state index contributed by atoms with van der Waals surface area (Å²) in [6.45, 7) is 0. The van der Waals surface area contributed by atoms with Gasteiger partial charge in [0.05, 0.1) is 0 Å². The molecule has 0 N–H and O–H groups in total. The molecule has 57 heavy (non-hydrogen) atoms. The van der Waals surface area contributed by atoms with Crippen LogP contribution in [0.1, 0.15) is 0 Å². The van der Waals surface area contributed by atoms with Crippen molar-refractivity contribution in [3.8, 4) is 56.8 Å². The number of furan rings is 1. The Hall–Kier alpha value is -7.13. The fraction of sp³-hybridized carbons (Fsp3) is 0. The highest BCUT2D eigenvalue weighted by Crippen LogP contribution is 2.46. The minimum absolute atomic E-state index is 0.626. The van der Waals surface area contributed by atoms with Crippen LogP contribution < -0.4 is 0 Å². The van der Waals surface area contributed by atoms with Gasteiger partial charge in [0.1, 0.15) is 16.8 Å². The van der Waals surface area contributed by atoms with Crippen molar-refractivity contribution >= 4 is 85.1 Å². The second-order valence-corrected chi connectivity index (χ2v) is 16.1. The number of fused-ring (bicyclic) bond motifs is 9. The molecule has 0 atom stereocenters. The number of nitrogens with zero attached hydrogens (tertiary/aromatic N) is 5. The molecule has 12 rings (SSSR count). The van der Waals surface area contributed by atoms with Crippen molar-refractivity contribution in [3.05, 3.63) is 164 Å². The van der Waals surface area contributed by atoms with Crippen molar-refractivity contribution in [1.29, 1.82) is 0 Å². The molecule has 8 heteroatoms. The largest absolute Gasteiger partial charge is 0.452 e. The van der Waals surface area contributed by atoms with Gasteiger partial charge in [-0.2, -0.15) is 0 Å². The average molecular weight is 766 g/mol. The molecule has 12 aromatic rings. The van der Waals surface area contributed by atoms with Gasteiger partial charge < -0.3 is 4.42 Å². The summed E-state index contributed by atoms with van der Waals surface area (Å²) >= 11 is 3.52. The standard InChI is InChI=1S/C49H27N5OS2/c1-3-14-28(15-4-1)46-50-41-32-19-7-9-25-37(32)55-43(41)42(51-46)35-23-12-21-33-40-34(22-13-27-39(40)57-45(33)35)48-52-47(29-16-5-2-6-17-29)53-49(54-48)36-24-11-20-31-30-18-8-10-26-38(30)56-44(31)36/h1-27H. The highest BCUT2D eigenvalue weighted by molar-refractivity contribution is 7.26. The minimum atomic E-state index is 0.626. The Balaban J connectivity index is 1.11. The van der Waals surface area contributed by atoms with E-state index >= 15 is 0 Å². The number of hydrogen-bond donors (Lipinski definition) is 0. The Kier molecular flexibility index (Phi) is 7.17. The van der Waals surface area contributed by atoms with Crippen LogP contribution in [0.2, 0.25) is 0 Å². The summed E-state index contributed by atoms with van der Waals surface area (Å²) in [4.78, 5) is 26.0. The normalized spacial score (nSPS) is 11.9. The van der Waals surface area contributed by atoms with Gasteiger partial charge in [-0.1, -0.05) is 133 Å². The average Bonchev–Trinajstić information content (AvgIpc) is 3.98. The second kappa shape index (κ2) is 12.7. The van der Waals surface area contributed by atoms with Crippen molar-refractivity contribution < 1.29 is 4.42 Å². The molecule has 0 spiro atoms. The maximum atomic E-state index is 6.56. The molecule has 0 aliphatic carbocycles. The summed E-state index contributed by atoms with van der Waals surface area (Å²) in [6, 6.07) is 56.2. The third-order valence-electron chi connectivity index (χ3n) is 10.6. The Bertz CT molecular complexity index is 3540. The zero-order valence-electron chi connectivity index (χ0n) is 30.0. The van der Waals surface area contributed by atoms with E-state index in [2.05, 4.69) is 97.1 Å². The quantitative estimate of drug-likeness (QED) is 0.174. The summed E-state index contributed by atoms with van der Waals surface area (Å²) in [7, 11) is 0. The molecular formula is C49H27N5OS2. The number of rotatable bonds is 5. The zero-order valence-corrected chi connectivity index (χ0v) is 31.7. The molecule has 5 aromatic heterocycles. The van der Waals surface area contributed by atoms with Crippen LogP contribution in [0.3, 0.4) is 0 Å². The maximum Gasteiger partial charge on any atom is 0.180 e. The second-order valence-electron chi connectivity index (χ2n) is 14.0. The molecule has 0 aliphatic heterocycles. The number of thiophene rings is 2. The van der Waals surface area contributed by atoms with Crippen LogP contribution in [0.4, 0.5) is 0 Å². The van der Waals surface area contributed by atoms with Crippen LogP contribution in [0, 0.1) is 0 Å². The number of hydrogen-bond acceptors (Lipinski definition) is 8. The summed E-state index contributed by atoms with van der Waals surface area (Å²) in [6.07, 6.45) is 0. The summed E-state index contributed by atoms with van der Waals surface area (Å²) in [5, 5.41) is 5.59. The third-order valence-corrected chi connectivity index (χ3v) is 13.0. The van der Waals surface area contributed by atoms with E-state index in [9.17, 15) is 0 Å². The molecule has 0 unspecified atom stereocenters. The van der Waals surface area contributed by atoms with Gasteiger partial charge >= 0.3 is 0 Å². The van der Waals surface area contributed by atoms with Crippen LogP contribution in [0.5, 0.6) is 0 Å². The summed E-state index contributed by atoms with van der Waals surface area (Å²) < 4.78 is 11.2. The molecule has 5 heterocycles. The van der Waals surface area contributed by atoms with Crippen molar-refractivity contribution in [2.45, 2.75) is 0 Å². The van der Waals surface area contributed by atoms with E-state index < -0.39 is 0 Å². The van der Waals surface area contributed by atoms with Gasteiger partial charge in [-0.15, -0.1) is 22.7 Å². The molecule has 0 aliphatic rings. The fourth-order valence-electron chi connectivity index (χ4n) is 7.97.